The van der Waals surface area contributed by atoms with E-state index in [1.165, 1.54) is 0 Å². The fourth-order valence-electron chi connectivity index (χ4n) is 4.54. The lowest BCUT2D eigenvalue weighted by atomic mass is 9.75. The lowest BCUT2D eigenvalue weighted by molar-refractivity contribution is -0.164. The molecule has 51 heavy (non-hydrogen) atoms. The van der Waals surface area contributed by atoms with Crippen LogP contribution in [0.5, 0.6) is 0 Å². The summed E-state index contributed by atoms with van der Waals surface area (Å²) >= 11 is 0. The van der Waals surface area contributed by atoms with Crippen LogP contribution in [0.4, 0.5) is 0 Å². The van der Waals surface area contributed by atoms with Crippen LogP contribution in [0.1, 0.15) is 120 Å². The average Bonchev–Trinajstić information content (AvgIpc) is 3.13. The monoisotopic (exact) mass is 730 g/mol. The van der Waals surface area contributed by atoms with E-state index < -0.39 is 76.7 Å². The summed E-state index contributed by atoms with van der Waals surface area (Å²) in [5.74, 6) is -5.07. The molecule has 0 amide bonds. The Morgan fingerprint density at radius 1 is 0.412 bits per heavy atom. The summed E-state index contributed by atoms with van der Waals surface area (Å²) < 4.78 is 37.4. The van der Waals surface area contributed by atoms with E-state index in [1.54, 1.807) is 48.5 Å². The molecule has 0 N–H and O–H groups in total. The maximum Gasteiger partial charge on any atom is 0.319 e. The lowest BCUT2D eigenvalue weighted by Gasteiger charge is -2.32. The van der Waals surface area contributed by atoms with Crippen molar-refractivity contribution in [1.82, 2.24) is 0 Å². The van der Waals surface area contributed by atoms with Crippen molar-refractivity contribution in [1.29, 1.82) is 0 Å². The predicted octanol–water partition coefficient (Wildman–Crippen LogP) is 4.38. The van der Waals surface area contributed by atoms with Gasteiger partial charge in [-0.15, -0.1) is 0 Å². The zero-order chi connectivity index (χ0) is 39.1. The Morgan fingerprint density at radius 3 is 0.902 bits per heavy atom. The Bertz CT molecular complexity index is 1060. The van der Waals surface area contributed by atoms with E-state index >= 15 is 0 Å². The van der Waals surface area contributed by atoms with Gasteiger partial charge < -0.3 is 33.2 Å². The average molecular weight is 731 g/mol. The molecule has 0 atom stereocenters. The van der Waals surface area contributed by atoms with Gasteiger partial charge in [0, 0.05) is 38.5 Å². The first-order valence-electron chi connectivity index (χ1n) is 17.7. The molecule has 0 aromatic rings. The molecule has 15 heteroatoms. The number of ketones is 1. The molecular weight excluding hydrogens is 672 g/mol. The number of carbonyl (C=O) groups is 8. The molecule has 0 unspecified atom stereocenters. The second-order valence-corrected chi connectivity index (χ2v) is 12.4. The molecule has 292 valence electrons. The normalized spacial score (nSPS) is 11.5. The topological polar surface area (TPSA) is 201 Å². The van der Waals surface area contributed by atoms with Gasteiger partial charge in [0.05, 0.1) is 17.4 Å². The minimum atomic E-state index is -1.89. The molecule has 0 radical (unpaired) electrons. The van der Waals surface area contributed by atoms with Crippen LogP contribution < -0.4 is 0 Å². The predicted molar refractivity (Wildman–Crippen MR) is 181 cm³/mol. The van der Waals surface area contributed by atoms with E-state index in [1.807, 2.05) is 0 Å². The number of rotatable bonds is 27. The summed E-state index contributed by atoms with van der Waals surface area (Å²) in [7, 11) is 0. The summed E-state index contributed by atoms with van der Waals surface area (Å²) in [5, 5.41) is 0. The van der Waals surface area contributed by atoms with Gasteiger partial charge in [0.2, 0.25) is 0 Å². The largest absolute Gasteiger partial charge is 0.465 e. The SMILES string of the molecule is CCOC(=O)C(CCC(=O)OCC(CC)(COC(=O)CC)COC(=O)CC)(CCC(=O)OCC(CC)(COC(=O)CC)COC(=O)CC)C(C)=O. The van der Waals surface area contributed by atoms with Crippen LogP contribution in [0.15, 0.2) is 0 Å². The maximum atomic E-state index is 13.2. The Labute approximate surface area is 301 Å². The number of carbonyl (C=O) groups excluding carboxylic acids is 8. The van der Waals surface area contributed by atoms with Crippen molar-refractivity contribution in [3.8, 4) is 0 Å². The van der Waals surface area contributed by atoms with E-state index in [0.29, 0.717) is 12.8 Å². The van der Waals surface area contributed by atoms with E-state index in [-0.39, 0.29) is 84.8 Å². The molecule has 0 aromatic heterocycles. The van der Waals surface area contributed by atoms with E-state index in [2.05, 4.69) is 0 Å². The van der Waals surface area contributed by atoms with Gasteiger partial charge >= 0.3 is 41.8 Å². The minimum absolute atomic E-state index is 0.0687. The lowest BCUT2D eigenvalue weighted by Crippen LogP contribution is -2.42. The molecule has 0 aromatic carbocycles. The number of hydrogen-bond donors (Lipinski definition) is 0. The van der Waals surface area contributed by atoms with Gasteiger partial charge in [-0.3, -0.25) is 38.4 Å². The molecule has 0 rings (SSSR count). The fourth-order valence-corrected chi connectivity index (χ4v) is 4.54. The molecule has 0 heterocycles. The van der Waals surface area contributed by atoms with Crippen molar-refractivity contribution in [3.63, 3.8) is 0 Å². The van der Waals surface area contributed by atoms with Crippen LogP contribution in [0.3, 0.4) is 0 Å². The van der Waals surface area contributed by atoms with Gasteiger partial charge in [-0.1, -0.05) is 41.5 Å². The summed E-state index contributed by atoms with van der Waals surface area (Å²) in [6, 6.07) is 0. The van der Waals surface area contributed by atoms with Crippen LogP contribution in [-0.2, 0) is 71.5 Å². The van der Waals surface area contributed by atoms with Gasteiger partial charge in [0.15, 0.2) is 0 Å². The molecule has 15 nitrogen and oxygen atoms in total. The van der Waals surface area contributed by atoms with Crippen molar-refractivity contribution in [3.05, 3.63) is 0 Å². The highest BCUT2D eigenvalue weighted by Gasteiger charge is 2.46. The quantitative estimate of drug-likeness (QED) is 0.0654. The molecule has 0 fully saturated rings. The van der Waals surface area contributed by atoms with Gasteiger partial charge in [0.25, 0.3) is 0 Å². The third kappa shape index (κ3) is 16.7. The van der Waals surface area contributed by atoms with Crippen molar-refractivity contribution >= 4 is 47.6 Å². The number of ether oxygens (including phenoxy) is 7. The highest BCUT2D eigenvalue weighted by atomic mass is 16.6. The highest BCUT2D eigenvalue weighted by Crippen LogP contribution is 2.34. The molecule has 0 saturated heterocycles. The first-order valence-corrected chi connectivity index (χ1v) is 17.7. The van der Waals surface area contributed by atoms with Crippen molar-refractivity contribution < 1.29 is 71.5 Å². The van der Waals surface area contributed by atoms with E-state index in [9.17, 15) is 38.4 Å². The van der Waals surface area contributed by atoms with Crippen molar-refractivity contribution in [2.75, 3.05) is 46.2 Å². The molecule has 0 aliphatic carbocycles. The summed E-state index contributed by atoms with van der Waals surface area (Å²) in [6.07, 6.45) is -0.424. The van der Waals surface area contributed by atoms with Gasteiger partial charge in [-0.2, -0.15) is 0 Å². The number of Topliss-reactive ketones (excluding diaryl/α,β-unsaturated/α-hetero) is 1. The summed E-state index contributed by atoms with van der Waals surface area (Å²) in [4.78, 5) is 99.8. The smallest absolute Gasteiger partial charge is 0.319 e. The van der Waals surface area contributed by atoms with E-state index in [0.717, 1.165) is 6.92 Å². The van der Waals surface area contributed by atoms with Crippen molar-refractivity contribution in [2.24, 2.45) is 16.2 Å². The van der Waals surface area contributed by atoms with Crippen LogP contribution in [-0.4, -0.2) is 93.8 Å². The fraction of sp³-hybridized carbons (Fsp3) is 0.778. The van der Waals surface area contributed by atoms with Crippen LogP contribution in [0.2, 0.25) is 0 Å². The second-order valence-electron chi connectivity index (χ2n) is 12.4. The van der Waals surface area contributed by atoms with Crippen LogP contribution in [0, 0.1) is 16.2 Å². The zero-order valence-corrected chi connectivity index (χ0v) is 31.6. The van der Waals surface area contributed by atoms with E-state index in [4.69, 9.17) is 33.2 Å². The maximum absolute atomic E-state index is 13.2. The van der Waals surface area contributed by atoms with Crippen LogP contribution >= 0.6 is 0 Å². The number of hydrogen-bond acceptors (Lipinski definition) is 15. The standard InChI is InChI=1S/C36H58O15/c1-9-27(38)46-20-34(13-5,21-47-28(39)10-2)24-50-31(42)16-18-36(26(8)37,33(44)45-15-7)19-17-32(43)51-25-35(14-6,22-48-29(40)11-3)23-49-30(41)12-4/h9-25H2,1-8H3. The Kier molecular flexibility index (Phi) is 22.3. The summed E-state index contributed by atoms with van der Waals surface area (Å²) in [6.45, 7) is 11.4. The molecule has 0 aliphatic heterocycles. The van der Waals surface area contributed by atoms with Crippen LogP contribution in [0.25, 0.3) is 0 Å². The Hall–Kier alpha value is -4.04. The minimum Gasteiger partial charge on any atom is -0.465 e. The number of esters is 7. The molecule has 0 saturated carbocycles. The molecule has 0 bridgehead atoms. The third-order valence-electron chi connectivity index (χ3n) is 8.74. The van der Waals surface area contributed by atoms with Gasteiger partial charge in [0.1, 0.15) is 50.8 Å². The molecule has 0 aliphatic rings. The molecular formula is C36H58O15. The molecule has 0 spiro atoms. The highest BCUT2D eigenvalue weighted by molar-refractivity contribution is 6.03. The first kappa shape index (κ1) is 47.0. The Morgan fingerprint density at radius 2 is 0.686 bits per heavy atom. The summed E-state index contributed by atoms with van der Waals surface area (Å²) in [5.41, 5.74) is -3.96. The third-order valence-corrected chi connectivity index (χ3v) is 8.74. The first-order chi connectivity index (χ1) is 24.1. The van der Waals surface area contributed by atoms with Gasteiger partial charge in [-0.25, -0.2) is 0 Å². The zero-order valence-electron chi connectivity index (χ0n) is 31.6. The van der Waals surface area contributed by atoms with Crippen molar-refractivity contribution in [2.45, 2.75) is 120 Å². The van der Waals surface area contributed by atoms with Gasteiger partial charge in [-0.05, 0) is 39.5 Å². The Balaban J connectivity index is 5.88. The second kappa shape index (κ2) is 24.2.